The highest BCUT2D eigenvalue weighted by Gasteiger charge is 2.06. The van der Waals surface area contributed by atoms with E-state index in [4.69, 9.17) is 33.7 Å². The Labute approximate surface area is 115 Å². The molecule has 0 saturated carbocycles. The number of hydrogen-bond donors (Lipinski definition) is 1. The van der Waals surface area contributed by atoms with Gasteiger partial charge in [-0.15, -0.1) is 0 Å². The quantitative estimate of drug-likeness (QED) is 0.872. The van der Waals surface area contributed by atoms with Gasteiger partial charge in [0.05, 0.1) is 22.3 Å². The molecule has 2 N–H and O–H groups in total. The largest absolute Gasteiger partial charge is 0.491 e. The molecule has 0 amide bonds. The van der Waals surface area contributed by atoms with E-state index in [1.165, 1.54) is 0 Å². The molecule has 2 aromatic rings. The molecule has 0 bridgehead atoms. The third-order valence-electron chi connectivity index (χ3n) is 2.42. The van der Waals surface area contributed by atoms with Crippen molar-refractivity contribution in [1.29, 1.82) is 0 Å². The number of benzene rings is 1. The zero-order valence-electron chi connectivity index (χ0n) is 9.57. The zero-order valence-corrected chi connectivity index (χ0v) is 11.1. The van der Waals surface area contributed by atoms with Crippen LogP contribution in [-0.4, -0.2) is 11.6 Å². The molecule has 94 valence electrons. The molecular formula is C13H12Cl2N2O. The molecule has 0 spiro atoms. The van der Waals surface area contributed by atoms with Crippen LogP contribution in [0, 0.1) is 0 Å². The number of nitrogens with zero attached hydrogens (tertiary/aromatic N) is 1. The lowest BCUT2D eigenvalue weighted by atomic mass is 10.2. The number of aromatic nitrogens is 1. The van der Waals surface area contributed by atoms with Gasteiger partial charge in [0.25, 0.3) is 0 Å². The van der Waals surface area contributed by atoms with Crippen LogP contribution >= 0.6 is 23.2 Å². The van der Waals surface area contributed by atoms with Gasteiger partial charge in [-0.05, 0) is 17.7 Å². The minimum atomic E-state index is 0.425. The summed E-state index contributed by atoms with van der Waals surface area (Å²) in [5, 5.41) is 0.857. The van der Waals surface area contributed by atoms with E-state index in [9.17, 15) is 0 Å². The molecule has 0 unspecified atom stereocenters. The summed E-state index contributed by atoms with van der Waals surface area (Å²) >= 11 is 11.7. The van der Waals surface area contributed by atoms with Crippen LogP contribution in [0.3, 0.4) is 0 Å². The fourth-order valence-corrected chi connectivity index (χ4v) is 1.82. The topological polar surface area (TPSA) is 48.1 Å². The number of halogens is 2. The highest BCUT2D eigenvalue weighted by Crippen LogP contribution is 2.32. The molecule has 2 rings (SSSR count). The average molecular weight is 283 g/mol. The predicted octanol–water partition coefficient (Wildman–Crippen LogP) is 3.59. The van der Waals surface area contributed by atoms with Gasteiger partial charge in [-0.2, -0.15) is 0 Å². The smallest absolute Gasteiger partial charge is 0.143 e. The number of rotatable bonds is 4. The highest BCUT2D eigenvalue weighted by molar-refractivity contribution is 6.42. The van der Waals surface area contributed by atoms with E-state index in [2.05, 4.69) is 4.98 Å². The van der Waals surface area contributed by atoms with Crippen LogP contribution in [0.4, 0.5) is 5.69 Å². The summed E-state index contributed by atoms with van der Waals surface area (Å²) in [5.41, 5.74) is 7.38. The lowest BCUT2D eigenvalue weighted by molar-refractivity contribution is 0.323. The van der Waals surface area contributed by atoms with Crippen molar-refractivity contribution >= 4 is 28.9 Å². The zero-order chi connectivity index (χ0) is 13.0. The first kappa shape index (κ1) is 13.0. The molecule has 0 atom stereocenters. The summed E-state index contributed by atoms with van der Waals surface area (Å²) in [5.74, 6) is 0.549. The maximum atomic E-state index is 5.90. The number of pyridine rings is 1. The molecule has 1 aromatic heterocycles. The second-order valence-corrected chi connectivity index (χ2v) is 4.58. The fraction of sp³-hybridized carbons (Fsp3) is 0.154. The first-order valence-electron chi connectivity index (χ1n) is 5.43. The van der Waals surface area contributed by atoms with Gasteiger partial charge in [-0.25, -0.2) is 0 Å². The first-order valence-corrected chi connectivity index (χ1v) is 6.18. The van der Waals surface area contributed by atoms with Gasteiger partial charge in [0, 0.05) is 24.9 Å². The van der Waals surface area contributed by atoms with Crippen LogP contribution in [0.1, 0.15) is 5.56 Å². The van der Waals surface area contributed by atoms with Gasteiger partial charge >= 0.3 is 0 Å². The van der Waals surface area contributed by atoms with Gasteiger partial charge in [0.1, 0.15) is 5.75 Å². The molecule has 5 heteroatoms. The van der Waals surface area contributed by atoms with Gasteiger partial charge in [0.15, 0.2) is 0 Å². The van der Waals surface area contributed by atoms with Crippen LogP contribution in [0.25, 0.3) is 0 Å². The minimum absolute atomic E-state index is 0.425. The van der Waals surface area contributed by atoms with E-state index >= 15 is 0 Å². The number of ether oxygens (including phenoxy) is 1. The van der Waals surface area contributed by atoms with Crippen LogP contribution in [0.15, 0.2) is 36.7 Å². The van der Waals surface area contributed by atoms with E-state index in [0.29, 0.717) is 28.1 Å². The second-order valence-electron chi connectivity index (χ2n) is 3.76. The van der Waals surface area contributed by atoms with Crippen molar-refractivity contribution in [2.24, 2.45) is 0 Å². The summed E-state index contributed by atoms with van der Waals surface area (Å²) in [6.45, 7) is 0.508. The Hall–Kier alpha value is -1.45. The SMILES string of the molecule is Nc1cc(Cl)c(Cl)cc1OCCc1cccnc1. The summed E-state index contributed by atoms with van der Waals surface area (Å²) in [6.07, 6.45) is 4.30. The summed E-state index contributed by atoms with van der Waals surface area (Å²) in [6, 6.07) is 7.10. The minimum Gasteiger partial charge on any atom is -0.491 e. The number of nitrogens with two attached hydrogens (primary N) is 1. The van der Waals surface area contributed by atoms with Crippen LogP contribution in [-0.2, 0) is 6.42 Å². The monoisotopic (exact) mass is 282 g/mol. The number of hydrogen-bond acceptors (Lipinski definition) is 3. The fourth-order valence-electron chi connectivity index (χ4n) is 1.49. The van der Waals surface area contributed by atoms with Crippen LogP contribution in [0.2, 0.25) is 10.0 Å². The molecule has 0 saturated heterocycles. The highest BCUT2D eigenvalue weighted by atomic mass is 35.5. The van der Waals surface area contributed by atoms with Gasteiger partial charge in [-0.1, -0.05) is 29.3 Å². The van der Waals surface area contributed by atoms with E-state index in [1.807, 2.05) is 18.3 Å². The van der Waals surface area contributed by atoms with Crippen molar-refractivity contribution in [3.8, 4) is 5.75 Å². The Morgan fingerprint density at radius 1 is 1.22 bits per heavy atom. The molecule has 1 aromatic carbocycles. The van der Waals surface area contributed by atoms with E-state index in [-0.39, 0.29) is 0 Å². The van der Waals surface area contributed by atoms with E-state index in [0.717, 1.165) is 12.0 Å². The normalized spacial score (nSPS) is 10.3. The standard InChI is InChI=1S/C13H12Cl2N2O/c14-10-6-12(16)13(7-11(10)15)18-5-3-9-2-1-4-17-8-9/h1-2,4,6-8H,3,5,16H2. The van der Waals surface area contributed by atoms with E-state index in [1.54, 1.807) is 18.3 Å². The summed E-state index contributed by atoms with van der Waals surface area (Å²) < 4.78 is 5.58. The van der Waals surface area contributed by atoms with Gasteiger partial charge in [0.2, 0.25) is 0 Å². The maximum Gasteiger partial charge on any atom is 0.143 e. The Balaban J connectivity index is 1.97. The molecular weight excluding hydrogens is 271 g/mol. The molecule has 18 heavy (non-hydrogen) atoms. The predicted molar refractivity (Wildman–Crippen MR) is 74.3 cm³/mol. The van der Waals surface area contributed by atoms with Crippen molar-refractivity contribution < 1.29 is 4.74 Å². The Morgan fingerprint density at radius 2 is 2.00 bits per heavy atom. The van der Waals surface area contributed by atoms with E-state index < -0.39 is 0 Å². The molecule has 0 aliphatic carbocycles. The average Bonchev–Trinajstić information content (AvgIpc) is 2.37. The third-order valence-corrected chi connectivity index (χ3v) is 3.15. The summed E-state index contributed by atoms with van der Waals surface area (Å²) in [7, 11) is 0. The Kier molecular flexibility index (Phi) is 4.28. The number of anilines is 1. The van der Waals surface area contributed by atoms with Crippen molar-refractivity contribution in [2.45, 2.75) is 6.42 Å². The molecule has 0 aliphatic heterocycles. The van der Waals surface area contributed by atoms with Crippen molar-refractivity contribution in [3.05, 3.63) is 52.3 Å². The van der Waals surface area contributed by atoms with Gasteiger partial charge < -0.3 is 10.5 Å². The maximum absolute atomic E-state index is 5.90. The lowest BCUT2D eigenvalue weighted by Crippen LogP contribution is -2.03. The summed E-state index contributed by atoms with van der Waals surface area (Å²) in [4.78, 5) is 4.03. The lowest BCUT2D eigenvalue weighted by Gasteiger charge is -2.10. The van der Waals surface area contributed by atoms with Gasteiger partial charge in [-0.3, -0.25) is 4.98 Å². The van der Waals surface area contributed by atoms with Crippen LogP contribution < -0.4 is 10.5 Å². The molecule has 1 heterocycles. The number of nitrogen functional groups attached to an aromatic ring is 1. The Morgan fingerprint density at radius 3 is 2.72 bits per heavy atom. The first-order chi connectivity index (χ1) is 8.66. The molecule has 3 nitrogen and oxygen atoms in total. The van der Waals surface area contributed by atoms with Crippen molar-refractivity contribution in [3.63, 3.8) is 0 Å². The second kappa shape index (κ2) is 5.94. The van der Waals surface area contributed by atoms with Crippen molar-refractivity contribution in [1.82, 2.24) is 4.98 Å². The Bertz CT molecular complexity index is 532. The third kappa shape index (κ3) is 3.28. The molecule has 0 fully saturated rings. The van der Waals surface area contributed by atoms with Crippen LogP contribution in [0.5, 0.6) is 5.75 Å². The van der Waals surface area contributed by atoms with Crippen molar-refractivity contribution in [2.75, 3.05) is 12.3 Å². The molecule has 0 radical (unpaired) electrons. The molecule has 0 aliphatic rings.